The highest BCUT2D eigenvalue weighted by Gasteiger charge is 2.21. The minimum atomic E-state index is -0.272. The summed E-state index contributed by atoms with van der Waals surface area (Å²) in [4.78, 5) is 30.7. The third-order valence-corrected chi connectivity index (χ3v) is 6.17. The summed E-state index contributed by atoms with van der Waals surface area (Å²) in [5.74, 6) is 0.840. The number of rotatable bonds is 8. The molecule has 1 aliphatic carbocycles. The van der Waals surface area contributed by atoms with Gasteiger partial charge in [0.25, 0.3) is 11.8 Å². The summed E-state index contributed by atoms with van der Waals surface area (Å²) in [6.45, 7) is 0.614. The van der Waals surface area contributed by atoms with Gasteiger partial charge in [0.15, 0.2) is 0 Å². The normalized spacial score (nSPS) is 14.5. The summed E-state index contributed by atoms with van der Waals surface area (Å²) in [6, 6.07) is 16.7. The van der Waals surface area contributed by atoms with Crippen LogP contribution in [0.4, 0.5) is 5.69 Å². The van der Waals surface area contributed by atoms with Gasteiger partial charge in [-0.3, -0.25) is 14.6 Å². The smallest absolute Gasteiger partial charge is 0.269 e. The number of aliphatic hydroxyl groups excluding tert-OH is 1. The van der Waals surface area contributed by atoms with Crippen molar-refractivity contribution in [3.8, 4) is 11.5 Å². The van der Waals surface area contributed by atoms with E-state index in [9.17, 15) is 9.59 Å². The van der Waals surface area contributed by atoms with Gasteiger partial charge in [-0.25, -0.2) is 0 Å². The Morgan fingerprint density at radius 1 is 1.06 bits per heavy atom. The number of carbonyl (C=O) groups excluding carboxylic acids is 2. The van der Waals surface area contributed by atoms with Crippen LogP contribution in [0, 0.1) is 0 Å². The number of pyridine rings is 1. The van der Waals surface area contributed by atoms with Crippen LogP contribution in [0.5, 0.6) is 11.5 Å². The summed E-state index contributed by atoms with van der Waals surface area (Å²) in [6.07, 6.45) is 4.01. The van der Waals surface area contributed by atoms with Crippen molar-refractivity contribution >= 4 is 17.5 Å². The molecule has 182 valence electrons. The summed E-state index contributed by atoms with van der Waals surface area (Å²) < 4.78 is 5.99. The van der Waals surface area contributed by atoms with Crippen molar-refractivity contribution in [2.45, 2.75) is 25.3 Å². The van der Waals surface area contributed by atoms with Gasteiger partial charge in [-0.2, -0.15) is 0 Å². The molecule has 35 heavy (non-hydrogen) atoms. The number of likely N-dealkylation sites (N-methyl/N-ethyl adjacent to an activating group) is 1. The van der Waals surface area contributed by atoms with Gasteiger partial charge in [-0.05, 0) is 72.9 Å². The summed E-state index contributed by atoms with van der Waals surface area (Å²) in [7, 11) is 3.46. The van der Waals surface area contributed by atoms with Gasteiger partial charge in [0.2, 0.25) is 0 Å². The minimum Gasteiger partial charge on any atom is -0.457 e. The van der Waals surface area contributed by atoms with Crippen molar-refractivity contribution in [2.75, 3.05) is 32.1 Å². The molecule has 0 radical (unpaired) electrons. The molecule has 3 aromatic rings. The zero-order valence-corrected chi connectivity index (χ0v) is 20.0. The molecular formula is C27H30N4O4. The Morgan fingerprint density at radius 2 is 1.83 bits per heavy atom. The van der Waals surface area contributed by atoms with Crippen LogP contribution in [-0.4, -0.2) is 55.2 Å². The molecule has 1 aromatic heterocycles. The van der Waals surface area contributed by atoms with Crippen molar-refractivity contribution in [1.29, 1.82) is 0 Å². The van der Waals surface area contributed by atoms with Gasteiger partial charge < -0.3 is 25.4 Å². The zero-order chi connectivity index (χ0) is 24.8. The number of benzene rings is 2. The second-order valence-corrected chi connectivity index (χ2v) is 8.59. The van der Waals surface area contributed by atoms with E-state index >= 15 is 0 Å². The number of hydrogen-bond donors (Lipinski definition) is 3. The van der Waals surface area contributed by atoms with Crippen LogP contribution in [0.3, 0.4) is 0 Å². The van der Waals surface area contributed by atoms with Crippen LogP contribution in [0.15, 0.2) is 60.8 Å². The fourth-order valence-corrected chi connectivity index (χ4v) is 4.20. The van der Waals surface area contributed by atoms with Crippen LogP contribution in [0.1, 0.15) is 38.4 Å². The predicted octanol–water partition coefficient (Wildman–Crippen LogP) is 2.95. The fraction of sp³-hybridized carbons (Fsp3) is 0.296. The highest BCUT2D eigenvalue weighted by Crippen LogP contribution is 2.29. The first-order valence-electron chi connectivity index (χ1n) is 11.7. The molecule has 0 bridgehead atoms. The van der Waals surface area contributed by atoms with E-state index in [4.69, 9.17) is 9.84 Å². The van der Waals surface area contributed by atoms with E-state index in [1.54, 1.807) is 25.4 Å². The van der Waals surface area contributed by atoms with Crippen LogP contribution in [0.2, 0.25) is 0 Å². The molecule has 3 N–H and O–H groups in total. The lowest BCUT2D eigenvalue weighted by molar-refractivity contribution is 0.0931. The van der Waals surface area contributed by atoms with E-state index in [0.29, 0.717) is 29.3 Å². The van der Waals surface area contributed by atoms with Crippen molar-refractivity contribution in [3.63, 3.8) is 0 Å². The molecule has 0 spiro atoms. The van der Waals surface area contributed by atoms with Gasteiger partial charge in [-0.15, -0.1) is 0 Å². The Hall–Kier alpha value is -3.91. The first kappa shape index (κ1) is 24.2. The van der Waals surface area contributed by atoms with Gasteiger partial charge in [-0.1, -0.05) is 6.07 Å². The molecule has 8 heteroatoms. The second kappa shape index (κ2) is 11.0. The molecule has 0 saturated heterocycles. The Morgan fingerprint density at radius 3 is 2.57 bits per heavy atom. The quantitative estimate of drug-likeness (QED) is 0.464. The number of amides is 2. The first-order valence-corrected chi connectivity index (χ1v) is 11.7. The van der Waals surface area contributed by atoms with Crippen LogP contribution in [0.25, 0.3) is 0 Å². The highest BCUT2D eigenvalue weighted by atomic mass is 16.5. The van der Waals surface area contributed by atoms with E-state index in [0.717, 1.165) is 30.5 Å². The van der Waals surface area contributed by atoms with Crippen LogP contribution in [-0.2, 0) is 12.8 Å². The number of carbonyl (C=O) groups is 2. The molecule has 0 fully saturated rings. The Bertz CT molecular complexity index is 1200. The minimum absolute atomic E-state index is 0.0303. The van der Waals surface area contributed by atoms with Crippen molar-refractivity contribution < 1.29 is 19.4 Å². The molecule has 4 rings (SSSR count). The molecule has 1 unspecified atom stereocenters. The van der Waals surface area contributed by atoms with Crippen molar-refractivity contribution in [2.24, 2.45) is 0 Å². The van der Waals surface area contributed by atoms with Gasteiger partial charge >= 0.3 is 0 Å². The third kappa shape index (κ3) is 5.96. The van der Waals surface area contributed by atoms with E-state index < -0.39 is 0 Å². The Kier molecular flexibility index (Phi) is 7.62. The lowest BCUT2D eigenvalue weighted by Crippen LogP contribution is -2.38. The van der Waals surface area contributed by atoms with Crippen LogP contribution < -0.4 is 20.3 Å². The van der Waals surface area contributed by atoms with Crippen LogP contribution >= 0.6 is 0 Å². The number of aryl methyl sites for hydroxylation is 1. The average Bonchev–Trinajstić information content (AvgIpc) is 2.88. The van der Waals surface area contributed by atoms with E-state index in [2.05, 4.69) is 21.7 Å². The number of aliphatic hydroxyl groups is 1. The zero-order valence-electron chi connectivity index (χ0n) is 20.0. The maximum atomic E-state index is 12.8. The lowest BCUT2D eigenvalue weighted by Gasteiger charge is -2.26. The lowest BCUT2D eigenvalue weighted by atomic mass is 9.88. The largest absolute Gasteiger partial charge is 0.457 e. The fourth-order valence-electron chi connectivity index (χ4n) is 4.20. The molecule has 8 nitrogen and oxygen atoms in total. The molecule has 0 aliphatic heterocycles. The van der Waals surface area contributed by atoms with Gasteiger partial charge in [0.1, 0.15) is 17.2 Å². The molecule has 0 saturated carbocycles. The molecule has 1 aliphatic rings. The third-order valence-electron chi connectivity index (χ3n) is 6.17. The monoisotopic (exact) mass is 474 g/mol. The summed E-state index contributed by atoms with van der Waals surface area (Å²) in [5.41, 5.74) is 4.24. The second-order valence-electron chi connectivity index (χ2n) is 8.59. The van der Waals surface area contributed by atoms with Crippen molar-refractivity contribution in [1.82, 2.24) is 15.6 Å². The molecule has 2 aromatic carbocycles. The topological polar surface area (TPSA) is 104 Å². The van der Waals surface area contributed by atoms with E-state index in [1.165, 1.54) is 5.56 Å². The predicted molar refractivity (Wildman–Crippen MR) is 134 cm³/mol. The number of fused-ring (bicyclic) bond motifs is 1. The number of aromatic nitrogens is 1. The SMILES string of the molecule is CNC(=O)c1cc(Oc2ccc3c(c2)CC(NC(=O)c2ccc(N(C)CCO)cc2)CC3)ccn1. The number of anilines is 1. The highest BCUT2D eigenvalue weighted by molar-refractivity contribution is 5.94. The number of nitrogens with one attached hydrogen (secondary N) is 2. The molecule has 2 amide bonds. The maximum Gasteiger partial charge on any atom is 0.269 e. The Balaban J connectivity index is 1.40. The summed E-state index contributed by atoms with van der Waals surface area (Å²) >= 11 is 0. The Labute approximate surface area is 204 Å². The maximum absolute atomic E-state index is 12.8. The number of hydrogen-bond acceptors (Lipinski definition) is 6. The van der Waals surface area contributed by atoms with Crippen molar-refractivity contribution in [3.05, 3.63) is 83.2 Å². The molecule has 1 atom stereocenters. The molecular weight excluding hydrogens is 444 g/mol. The first-order chi connectivity index (χ1) is 17.0. The number of ether oxygens (including phenoxy) is 1. The van der Waals surface area contributed by atoms with E-state index in [1.807, 2.05) is 48.3 Å². The standard InChI is InChI=1S/C27H30N4O4/c1-28-27(34)25-17-24(11-12-29-25)35-23-10-6-18-3-7-21(15-20(18)16-23)30-26(33)19-4-8-22(9-5-19)31(2)13-14-32/h4-6,8-12,16-17,21,32H,3,7,13-15H2,1-2H3,(H,28,34)(H,30,33). The number of nitrogens with zero attached hydrogens (tertiary/aromatic N) is 2. The van der Waals surface area contributed by atoms with Gasteiger partial charge in [0, 0.05) is 50.2 Å². The molecule has 1 heterocycles. The van der Waals surface area contributed by atoms with E-state index in [-0.39, 0.29) is 24.5 Å². The average molecular weight is 475 g/mol. The summed E-state index contributed by atoms with van der Waals surface area (Å²) in [5, 5.41) is 14.8. The van der Waals surface area contributed by atoms with Gasteiger partial charge in [0.05, 0.1) is 6.61 Å².